The van der Waals surface area contributed by atoms with Crippen molar-refractivity contribution in [3.63, 3.8) is 0 Å². The van der Waals surface area contributed by atoms with Crippen molar-refractivity contribution in [1.29, 1.82) is 0 Å². The Bertz CT molecular complexity index is 484. The summed E-state index contributed by atoms with van der Waals surface area (Å²) < 4.78 is 5.15. The van der Waals surface area contributed by atoms with Crippen LogP contribution < -0.4 is 5.32 Å². The van der Waals surface area contributed by atoms with Crippen LogP contribution in [0.25, 0.3) is 0 Å². The van der Waals surface area contributed by atoms with E-state index < -0.39 is 0 Å². The maximum absolute atomic E-state index is 4.34. The van der Waals surface area contributed by atoms with Gasteiger partial charge in [0.15, 0.2) is 4.34 Å². The molecule has 0 aromatic carbocycles. The lowest BCUT2D eigenvalue weighted by Crippen LogP contribution is -1.97. The first-order valence-corrected chi connectivity index (χ1v) is 7.15. The molecule has 0 atom stereocenters. The molecule has 0 fully saturated rings. The second-order valence-electron chi connectivity index (χ2n) is 3.46. The van der Waals surface area contributed by atoms with Crippen LogP contribution in [0.2, 0.25) is 0 Å². The number of hydrogen-bond acceptors (Lipinski definition) is 6. The molecule has 90 valence electrons. The van der Waals surface area contributed by atoms with Crippen molar-refractivity contribution in [2.75, 3.05) is 11.9 Å². The van der Waals surface area contributed by atoms with Crippen molar-refractivity contribution in [3.8, 4) is 0 Å². The van der Waals surface area contributed by atoms with Gasteiger partial charge in [-0.1, -0.05) is 11.8 Å². The molecule has 0 aliphatic rings. The Hall–Kier alpha value is -1.14. The summed E-state index contributed by atoms with van der Waals surface area (Å²) in [4.78, 5) is 8.65. The van der Waals surface area contributed by atoms with Crippen LogP contribution in [-0.4, -0.2) is 20.9 Å². The minimum Gasteiger partial charge on any atom is -0.385 e. The van der Waals surface area contributed by atoms with E-state index in [0.29, 0.717) is 0 Å². The molecule has 0 bridgehead atoms. The van der Waals surface area contributed by atoms with Gasteiger partial charge in [0, 0.05) is 24.2 Å². The molecule has 2 aromatic heterocycles. The van der Waals surface area contributed by atoms with Crippen LogP contribution in [0.15, 0.2) is 22.7 Å². The zero-order valence-corrected chi connectivity index (χ0v) is 11.4. The van der Waals surface area contributed by atoms with E-state index in [2.05, 4.69) is 32.6 Å². The summed E-state index contributed by atoms with van der Waals surface area (Å²) in [5.41, 5.74) is 2.17. The van der Waals surface area contributed by atoms with Crippen LogP contribution >= 0.6 is 23.3 Å². The van der Waals surface area contributed by atoms with Crippen LogP contribution in [0.1, 0.15) is 18.4 Å². The Labute approximate surface area is 109 Å². The summed E-state index contributed by atoms with van der Waals surface area (Å²) in [6.07, 6.45) is 1.83. The number of aromatic nitrogens is 3. The van der Waals surface area contributed by atoms with Gasteiger partial charge in [0.1, 0.15) is 5.82 Å². The van der Waals surface area contributed by atoms with Gasteiger partial charge in [-0.05, 0) is 37.5 Å². The number of aryl methyl sites for hydroxylation is 1. The van der Waals surface area contributed by atoms with Gasteiger partial charge in [-0.2, -0.15) is 4.37 Å². The second-order valence-corrected chi connectivity index (χ2v) is 5.44. The van der Waals surface area contributed by atoms with Crippen molar-refractivity contribution in [2.24, 2.45) is 0 Å². The predicted molar refractivity (Wildman–Crippen MR) is 72.6 cm³/mol. The van der Waals surface area contributed by atoms with Gasteiger partial charge in [-0.15, -0.1) is 0 Å². The van der Waals surface area contributed by atoms with Crippen molar-refractivity contribution < 1.29 is 0 Å². The Morgan fingerprint density at radius 1 is 1.47 bits per heavy atom. The van der Waals surface area contributed by atoms with Crippen molar-refractivity contribution in [1.82, 2.24) is 14.3 Å². The highest BCUT2D eigenvalue weighted by atomic mass is 32.2. The molecule has 2 rings (SSSR count). The first-order valence-electron chi connectivity index (χ1n) is 5.40. The topological polar surface area (TPSA) is 50.7 Å². The van der Waals surface area contributed by atoms with Crippen LogP contribution in [0.5, 0.6) is 0 Å². The number of rotatable bonds is 5. The van der Waals surface area contributed by atoms with Crippen LogP contribution in [0, 0.1) is 6.92 Å². The molecule has 17 heavy (non-hydrogen) atoms. The molecule has 2 heterocycles. The summed E-state index contributed by atoms with van der Waals surface area (Å²) in [6, 6.07) is 4.05. The normalized spacial score (nSPS) is 10.5. The Kier molecular flexibility index (Phi) is 4.33. The third kappa shape index (κ3) is 3.67. The van der Waals surface area contributed by atoms with Gasteiger partial charge in [0.25, 0.3) is 0 Å². The minimum atomic E-state index is 0.827. The maximum atomic E-state index is 4.34. The molecule has 2 aromatic rings. The van der Waals surface area contributed by atoms with Gasteiger partial charge in [0.2, 0.25) is 0 Å². The van der Waals surface area contributed by atoms with Crippen molar-refractivity contribution in [2.45, 2.75) is 23.9 Å². The van der Waals surface area contributed by atoms with Crippen LogP contribution in [-0.2, 0) is 5.75 Å². The molecule has 0 amide bonds. The van der Waals surface area contributed by atoms with E-state index in [-0.39, 0.29) is 0 Å². The molecule has 4 nitrogen and oxygen atoms in total. The maximum Gasteiger partial charge on any atom is 0.170 e. The zero-order valence-electron chi connectivity index (χ0n) is 9.80. The average Bonchev–Trinajstić information content (AvgIpc) is 2.74. The first-order chi connectivity index (χ1) is 8.28. The van der Waals surface area contributed by atoms with E-state index in [1.54, 1.807) is 11.8 Å². The van der Waals surface area contributed by atoms with E-state index >= 15 is 0 Å². The molecule has 0 saturated heterocycles. The lowest BCUT2D eigenvalue weighted by Gasteiger charge is -2.04. The Balaban J connectivity index is 1.96. The number of nitrogens with one attached hydrogen (secondary N) is 1. The Morgan fingerprint density at radius 3 is 3.06 bits per heavy atom. The standard InChI is InChI=1S/C11H14N4S2/c1-3-12-9-4-5-13-10(6-9)7-16-11-14-8(2)15-17-11/h4-6H,3,7H2,1-2H3,(H,12,13). The quantitative estimate of drug-likeness (QED) is 0.843. The van der Waals surface area contributed by atoms with E-state index in [0.717, 1.165) is 33.8 Å². The lowest BCUT2D eigenvalue weighted by molar-refractivity contribution is 1.09. The summed E-state index contributed by atoms with van der Waals surface area (Å²) in [5, 5.41) is 3.28. The fourth-order valence-electron chi connectivity index (χ4n) is 1.34. The number of thioether (sulfide) groups is 1. The molecular weight excluding hydrogens is 252 g/mol. The highest BCUT2D eigenvalue weighted by Crippen LogP contribution is 2.24. The van der Waals surface area contributed by atoms with Gasteiger partial charge in [0.05, 0.1) is 5.69 Å². The average molecular weight is 266 g/mol. The lowest BCUT2D eigenvalue weighted by atomic mass is 10.3. The fourth-order valence-corrected chi connectivity index (χ4v) is 2.89. The first kappa shape index (κ1) is 12.3. The number of hydrogen-bond donors (Lipinski definition) is 1. The molecule has 0 radical (unpaired) electrons. The predicted octanol–water partition coefficient (Wildman–Crippen LogP) is 2.97. The second kappa shape index (κ2) is 5.97. The smallest absolute Gasteiger partial charge is 0.170 e. The molecule has 0 aliphatic carbocycles. The number of nitrogens with zero attached hydrogens (tertiary/aromatic N) is 3. The summed E-state index contributed by atoms with van der Waals surface area (Å²) in [7, 11) is 0. The highest BCUT2D eigenvalue weighted by molar-refractivity contribution is 8.00. The molecule has 0 unspecified atom stereocenters. The number of pyridine rings is 1. The minimum absolute atomic E-state index is 0.827. The van der Waals surface area contributed by atoms with Gasteiger partial charge < -0.3 is 5.32 Å². The largest absolute Gasteiger partial charge is 0.385 e. The highest BCUT2D eigenvalue weighted by Gasteiger charge is 2.03. The Morgan fingerprint density at radius 2 is 2.35 bits per heavy atom. The van der Waals surface area contributed by atoms with E-state index in [1.807, 2.05) is 19.2 Å². The molecule has 0 spiro atoms. The van der Waals surface area contributed by atoms with Crippen LogP contribution in [0.4, 0.5) is 5.69 Å². The molecule has 0 saturated carbocycles. The fraction of sp³-hybridized carbons (Fsp3) is 0.364. The van der Waals surface area contributed by atoms with E-state index in [9.17, 15) is 0 Å². The zero-order chi connectivity index (χ0) is 12.1. The van der Waals surface area contributed by atoms with Crippen LogP contribution in [0.3, 0.4) is 0 Å². The monoisotopic (exact) mass is 266 g/mol. The van der Waals surface area contributed by atoms with E-state index in [4.69, 9.17) is 0 Å². The molecule has 0 aliphatic heterocycles. The summed E-state index contributed by atoms with van der Waals surface area (Å²) in [5.74, 6) is 1.67. The van der Waals surface area contributed by atoms with Crippen molar-refractivity contribution in [3.05, 3.63) is 29.8 Å². The molecule has 6 heteroatoms. The van der Waals surface area contributed by atoms with Gasteiger partial charge in [-0.25, -0.2) is 4.98 Å². The van der Waals surface area contributed by atoms with Crippen molar-refractivity contribution >= 4 is 29.0 Å². The van der Waals surface area contributed by atoms with E-state index in [1.165, 1.54) is 11.5 Å². The SMILES string of the molecule is CCNc1ccnc(CSc2nc(C)ns2)c1. The van der Waals surface area contributed by atoms with Gasteiger partial charge >= 0.3 is 0 Å². The molecular formula is C11H14N4S2. The molecule has 1 N–H and O–H groups in total. The third-order valence-electron chi connectivity index (χ3n) is 2.05. The summed E-state index contributed by atoms with van der Waals surface area (Å²) >= 11 is 3.12. The number of anilines is 1. The summed E-state index contributed by atoms with van der Waals surface area (Å²) in [6.45, 7) is 4.91. The third-order valence-corrected chi connectivity index (χ3v) is 4.01. The van der Waals surface area contributed by atoms with Gasteiger partial charge in [-0.3, -0.25) is 4.98 Å².